The molecule has 1 aliphatic carbocycles. The molecule has 98 valence electrons. The number of aliphatic hydroxyl groups is 1. The zero-order valence-electron chi connectivity index (χ0n) is 10.00. The number of imide groups is 1. The number of hydrogen-bond donors (Lipinski definition) is 2. The average Bonchev–Trinajstić information content (AvgIpc) is 2.99. The summed E-state index contributed by atoms with van der Waals surface area (Å²) < 4.78 is 0. The predicted octanol–water partition coefficient (Wildman–Crippen LogP) is 1.33. The number of carbonyl (C=O) groups is 2. The summed E-state index contributed by atoms with van der Waals surface area (Å²) in [6.07, 6.45) is 5.66. The van der Waals surface area contributed by atoms with E-state index in [1.165, 1.54) is 16.2 Å². The van der Waals surface area contributed by atoms with Crippen molar-refractivity contribution in [1.82, 2.24) is 10.2 Å². The zero-order valence-corrected chi connectivity index (χ0v) is 10.8. The molecule has 0 saturated carbocycles. The first-order valence-electron chi connectivity index (χ1n) is 5.86. The quantitative estimate of drug-likeness (QED) is 0.801. The van der Waals surface area contributed by atoms with E-state index in [2.05, 4.69) is 5.32 Å². The highest BCUT2D eigenvalue weighted by atomic mass is 32.1. The molecule has 1 fully saturated rings. The number of rotatable bonds is 2. The molecule has 1 aromatic heterocycles. The molecule has 2 N–H and O–H groups in total. The van der Waals surface area contributed by atoms with Gasteiger partial charge in [0.2, 0.25) is 5.91 Å². The molecule has 0 aromatic carbocycles. The summed E-state index contributed by atoms with van der Waals surface area (Å²) in [5.41, 5.74) is -0.560. The standard InChI is InChI=1S/C13H12N2O3S/c16-11-8-15(12(17)14-11)9-3-1-5-13(18,7-9)10-4-2-6-19-10/h1-4,6-7,18H,5,8H2,(H,14,16,17). The van der Waals surface area contributed by atoms with Gasteiger partial charge in [-0.05, 0) is 23.6 Å². The van der Waals surface area contributed by atoms with Gasteiger partial charge in [-0.3, -0.25) is 15.0 Å². The Hall–Kier alpha value is -1.92. The Kier molecular flexibility index (Phi) is 2.76. The third kappa shape index (κ3) is 2.09. The smallest absolute Gasteiger partial charge is 0.329 e. The Bertz CT molecular complexity index is 591. The van der Waals surface area contributed by atoms with Crippen LogP contribution in [0.2, 0.25) is 0 Å². The van der Waals surface area contributed by atoms with E-state index in [1.54, 1.807) is 12.2 Å². The van der Waals surface area contributed by atoms with Crippen LogP contribution in [0.15, 0.2) is 41.4 Å². The lowest BCUT2D eigenvalue weighted by Gasteiger charge is -2.28. The van der Waals surface area contributed by atoms with Gasteiger partial charge in [0.05, 0.1) is 0 Å². The van der Waals surface area contributed by atoms with E-state index in [0.717, 1.165) is 4.88 Å². The van der Waals surface area contributed by atoms with Crippen molar-refractivity contribution in [2.24, 2.45) is 0 Å². The lowest BCUT2D eigenvalue weighted by atomic mass is 9.92. The van der Waals surface area contributed by atoms with Gasteiger partial charge in [-0.25, -0.2) is 4.79 Å². The lowest BCUT2D eigenvalue weighted by Crippen LogP contribution is -2.31. The molecule has 1 unspecified atom stereocenters. The largest absolute Gasteiger partial charge is 0.380 e. The number of thiophene rings is 1. The van der Waals surface area contributed by atoms with Crippen molar-refractivity contribution in [3.63, 3.8) is 0 Å². The maximum atomic E-state index is 11.6. The molecule has 2 heterocycles. The van der Waals surface area contributed by atoms with Gasteiger partial charge in [0, 0.05) is 17.0 Å². The van der Waals surface area contributed by atoms with Gasteiger partial charge in [-0.15, -0.1) is 11.3 Å². The van der Waals surface area contributed by atoms with Crippen molar-refractivity contribution in [2.45, 2.75) is 12.0 Å². The van der Waals surface area contributed by atoms with E-state index in [-0.39, 0.29) is 12.5 Å². The molecule has 5 nitrogen and oxygen atoms in total. The highest BCUT2D eigenvalue weighted by Crippen LogP contribution is 2.35. The highest BCUT2D eigenvalue weighted by molar-refractivity contribution is 7.10. The fraction of sp³-hybridized carbons (Fsp3) is 0.231. The topological polar surface area (TPSA) is 69.6 Å². The molecule has 3 amide bonds. The van der Waals surface area contributed by atoms with Gasteiger partial charge < -0.3 is 5.11 Å². The third-order valence-electron chi connectivity index (χ3n) is 3.16. The molecule has 1 saturated heterocycles. The van der Waals surface area contributed by atoms with E-state index in [1.807, 2.05) is 23.6 Å². The van der Waals surface area contributed by atoms with E-state index < -0.39 is 11.6 Å². The van der Waals surface area contributed by atoms with Crippen LogP contribution in [0.3, 0.4) is 0 Å². The molecule has 1 aliphatic heterocycles. The second-order valence-corrected chi connectivity index (χ2v) is 5.46. The Morgan fingerprint density at radius 3 is 2.89 bits per heavy atom. The van der Waals surface area contributed by atoms with E-state index in [9.17, 15) is 14.7 Å². The normalized spacial score (nSPS) is 26.6. The minimum Gasteiger partial charge on any atom is -0.380 e. The van der Waals surface area contributed by atoms with Gasteiger partial charge in [0.1, 0.15) is 12.1 Å². The Morgan fingerprint density at radius 1 is 1.42 bits per heavy atom. The highest BCUT2D eigenvalue weighted by Gasteiger charge is 2.34. The Balaban J connectivity index is 1.94. The number of nitrogens with zero attached hydrogens (tertiary/aromatic N) is 1. The summed E-state index contributed by atoms with van der Waals surface area (Å²) in [5.74, 6) is -0.329. The first-order chi connectivity index (χ1) is 9.08. The van der Waals surface area contributed by atoms with Gasteiger partial charge in [-0.2, -0.15) is 0 Å². The number of allylic oxidation sites excluding steroid dienone is 1. The summed E-state index contributed by atoms with van der Waals surface area (Å²) in [4.78, 5) is 25.0. The molecule has 19 heavy (non-hydrogen) atoms. The van der Waals surface area contributed by atoms with Crippen LogP contribution in [-0.4, -0.2) is 28.5 Å². The second kappa shape index (κ2) is 4.32. The molecular weight excluding hydrogens is 264 g/mol. The molecular formula is C13H12N2O3S. The maximum Gasteiger partial charge on any atom is 0.329 e. The molecule has 2 aliphatic rings. The molecule has 1 aromatic rings. The number of hydrogen-bond acceptors (Lipinski definition) is 4. The van der Waals surface area contributed by atoms with Crippen LogP contribution < -0.4 is 5.32 Å². The second-order valence-electron chi connectivity index (χ2n) is 4.52. The first kappa shape index (κ1) is 12.1. The van der Waals surface area contributed by atoms with Crippen molar-refractivity contribution in [3.8, 4) is 0 Å². The molecule has 3 rings (SSSR count). The number of urea groups is 1. The Labute approximate surface area is 113 Å². The fourth-order valence-electron chi connectivity index (χ4n) is 2.23. The Morgan fingerprint density at radius 2 is 2.26 bits per heavy atom. The number of amides is 3. The van der Waals surface area contributed by atoms with Crippen molar-refractivity contribution in [3.05, 3.63) is 46.3 Å². The minimum absolute atomic E-state index is 0.00444. The zero-order chi connectivity index (χ0) is 13.5. The number of nitrogens with one attached hydrogen (secondary N) is 1. The van der Waals surface area contributed by atoms with Crippen molar-refractivity contribution >= 4 is 23.3 Å². The van der Waals surface area contributed by atoms with Gasteiger partial charge in [-0.1, -0.05) is 12.1 Å². The van der Waals surface area contributed by atoms with Crippen LogP contribution in [0.1, 0.15) is 11.3 Å². The molecule has 6 heteroatoms. The van der Waals surface area contributed by atoms with Crippen molar-refractivity contribution < 1.29 is 14.7 Å². The van der Waals surface area contributed by atoms with Crippen molar-refractivity contribution in [1.29, 1.82) is 0 Å². The van der Waals surface area contributed by atoms with Crippen LogP contribution in [-0.2, 0) is 10.4 Å². The summed E-state index contributed by atoms with van der Waals surface area (Å²) in [7, 11) is 0. The molecule has 1 atom stereocenters. The SMILES string of the molecule is O=C1CN(C2=CC(O)(c3cccs3)CC=C2)C(=O)N1. The average molecular weight is 276 g/mol. The minimum atomic E-state index is -1.11. The summed E-state index contributed by atoms with van der Waals surface area (Å²) >= 11 is 1.46. The van der Waals surface area contributed by atoms with Crippen LogP contribution >= 0.6 is 11.3 Å². The van der Waals surface area contributed by atoms with Crippen LogP contribution in [0.4, 0.5) is 4.79 Å². The summed E-state index contributed by atoms with van der Waals surface area (Å²) in [6.45, 7) is -0.00444. The first-order valence-corrected chi connectivity index (χ1v) is 6.73. The van der Waals surface area contributed by atoms with Crippen LogP contribution in [0.25, 0.3) is 0 Å². The van der Waals surface area contributed by atoms with Crippen LogP contribution in [0, 0.1) is 0 Å². The van der Waals surface area contributed by atoms with Gasteiger partial charge in [0.25, 0.3) is 0 Å². The molecule has 0 spiro atoms. The van der Waals surface area contributed by atoms with Crippen molar-refractivity contribution in [2.75, 3.05) is 6.54 Å². The van der Waals surface area contributed by atoms with E-state index >= 15 is 0 Å². The molecule has 0 bridgehead atoms. The summed E-state index contributed by atoms with van der Waals surface area (Å²) in [6, 6.07) is 3.28. The maximum absolute atomic E-state index is 11.6. The predicted molar refractivity (Wildman–Crippen MR) is 70.3 cm³/mol. The summed E-state index contributed by atoms with van der Waals surface area (Å²) in [5, 5.41) is 14.8. The van der Waals surface area contributed by atoms with E-state index in [4.69, 9.17) is 0 Å². The lowest BCUT2D eigenvalue weighted by molar-refractivity contribution is -0.118. The van der Waals surface area contributed by atoms with Gasteiger partial charge in [0.15, 0.2) is 0 Å². The third-order valence-corrected chi connectivity index (χ3v) is 4.19. The molecule has 0 radical (unpaired) electrons. The fourth-order valence-corrected chi connectivity index (χ4v) is 3.03. The number of carbonyl (C=O) groups excluding carboxylic acids is 2. The van der Waals surface area contributed by atoms with E-state index in [0.29, 0.717) is 12.1 Å². The van der Waals surface area contributed by atoms with Crippen LogP contribution in [0.5, 0.6) is 0 Å². The monoisotopic (exact) mass is 276 g/mol. The van der Waals surface area contributed by atoms with Gasteiger partial charge >= 0.3 is 6.03 Å².